The molecule has 0 atom stereocenters. The average molecular weight is 909 g/mol. The Balaban J connectivity index is 1.22. The number of hydrogen-bond donors (Lipinski definition) is 0. The van der Waals surface area contributed by atoms with E-state index >= 15 is 0 Å². The van der Waals surface area contributed by atoms with E-state index in [4.69, 9.17) is 4.42 Å². The number of nitrogens with zero attached hydrogens (tertiary/aromatic N) is 2. The lowest BCUT2D eigenvalue weighted by atomic mass is 9.70. The van der Waals surface area contributed by atoms with Gasteiger partial charge in [-0.25, -0.2) is 0 Å². The molecule has 0 amide bonds. The van der Waals surface area contributed by atoms with Crippen LogP contribution in [0.25, 0.3) is 44.2 Å². The lowest BCUT2D eigenvalue weighted by Crippen LogP contribution is -2.26. The molecule has 10 aromatic rings. The van der Waals surface area contributed by atoms with Gasteiger partial charge in [0.2, 0.25) is 0 Å². The number of anilines is 6. The van der Waals surface area contributed by atoms with Crippen LogP contribution in [-0.4, -0.2) is 0 Å². The Hall–Kier alpha value is -7.62. The number of benzene rings is 9. The molecule has 0 N–H and O–H groups in total. The fourth-order valence-electron chi connectivity index (χ4n) is 11.6. The first-order valence-corrected chi connectivity index (χ1v) is 24.9. The second kappa shape index (κ2) is 15.7. The van der Waals surface area contributed by atoms with E-state index in [0.717, 1.165) is 56.1 Å². The van der Waals surface area contributed by atoms with Gasteiger partial charge >= 0.3 is 0 Å². The zero-order valence-electron chi connectivity index (χ0n) is 41.9. The number of rotatable bonds is 6. The molecule has 0 aliphatic heterocycles. The Morgan fingerprint density at radius 1 is 0.343 bits per heavy atom. The summed E-state index contributed by atoms with van der Waals surface area (Å²) in [4.78, 5) is 4.82. The molecule has 0 bridgehead atoms. The predicted octanol–water partition coefficient (Wildman–Crippen LogP) is 18.8. The molecule has 2 aliphatic rings. The summed E-state index contributed by atoms with van der Waals surface area (Å²) in [5.41, 5.74) is 21.5. The molecule has 0 radical (unpaired) electrons. The molecule has 1 aromatic heterocycles. The molecular weight excluding hydrogens is 849 g/mol. The second-order valence-corrected chi connectivity index (χ2v) is 22.6. The summed E-state index contributed by atoms with van der Waals surface area (Å²) in [5, 5.41) is 2.20. The van der Waals surface area contributed by atoms with Crippen LogP contribution < -0.4 is 9.80 Å². The van der Waals surface area contributed by atoms with Crippen LogP contribution in [0, 0.1) is 0 Å². The molecule has 1 heterocycles. The van der Waals surface area contributed by atoms with Crippen molar-refractivity contribution in [1.82, 2.24) is 0 Å². The van der Waals surface area contributed by atoms with E-state index in [1.165, 1.54) is 61.2 Å². The van der Waals surface area contributed by atoms with Gasteiger partial charge in [-0.3, -0.25) is 0 Å². The first-order valence-electron chi connectivity index (χ1n) is 24.9. The molecule has 0 fully saturated rings. The van der Waals surface area contributed by atoms with Crippen molar-refractivity contribution in [2.45, 2.75) is 84.0 Å². The van der Waals surface area contributed by atoms with Crippen LogP contribution in [0.3, 0.4) is 0 Å². The first kappa shape index (κ1) is 43.6. The smallest absolute Gasteiger partial charge is 0.160 e. The van der Waals surface area contributed by atoms with Crippen molar-refractivity contribution in [3.8, 4) is 22.3 Å². The van der Waals surface area contributed by atoms with Crippen LogP contribution in [0.1, 0.15) is 101 Å². The topological polar surface area (TPSA) is 19.6 Å². The number of furan rings is 1. The van der Waals surface area contributed by atoms with Crippen molar-refractivity contribution in [1.29, 1.82) is 0 Å². The summed E-state index contributed by atoms with van der Waals surface area (Å²) in [6.45, 7) is 20.5. The third-order valence-corrected chi connectivity index (χ3v) is 15.2. The Bertz CT molecular complexity index is 3530. The largest absolute Gasteiger partial charge is 0.452 e. The normalized spacial score (nSPS) is 13.6. The molecule has 9 aromatic carbocycles. The summed E-state index contributed by atoms with van der Waals surface area (Å²) < 4.78 is 7.74. The molecule has 344 valence electrons. The maximum absolute atomic E-state index is 7.74. The lowest BCUT2D eigenvalue weighted by Gasteiger charge is -2.32. The zero-order valence-corrected chi connectivity index (χ0v) is 41.9. The number of para-hydroxylation sites is 2. The van der Waals surface area contributed by atoms with Gasteiger partial charge in [-0.2, -0.15) is 0 Å². The van der Waals surface area contributed by atoms with E-state index in [1.807, 2.05) is 0 Å². The fourth-order valence-corrected chi connectivity index (χ4v) is 11.6. The third-order valence-electron chi connectivity index (χ3n) is 15.2. The van der Waals surface area contributed by atoms with Crippen molar-refractivity contribution < 1.29 is 4.42 Å². The molecule has 0 saturated carbocycles. The van der Waals surface area contributed by atoms with E-state index < -0.39 is 5.41 Å². The molecule has 2 aliphatic carbocycles. The molecule has 70 heavy (non-hydrogen) atoms. The monoisotopic (exact) mass is 908 g/mol. The highest BCUT2D eigenvalue weighted by molar-refractivity contribution is 6.22. The Morgan fingerprint density at radius 3 is 1.21 bits per heavy atom. The third kappa shape index (κ3) is 6.62. The summed E-state index contributed by atoms with van der Waals surface area (Å²) in [5.74, 6) is 0. The Labute approximate surface area is 413 Å². The van der Waals surface area contributed by atoms with Crippen molar-refractivity contribution in [3.05, 3.63) is 239 Å². The number of hydrogen-bond acceptors (Lipinski definition) is 3. The fraction of sp³-hybridized carbons (Fsp3) is 0.194. The van der Waals surface area contributed by atoms with Crippen LogP contribution in [0.4, 0.5) is 34.1 Å². The molecule has 3 nitrogen and oxygen atoms in total. The van der Waals surface area contributed by atoms with Crippen molar-refractivity contribution in [2.75, 3.05) is 9.80 Å². The van der Waals surface area contributed by atoms with Crippen LogP contribution in [0.2, 0.25) is 0 Å². The quantitative estimate of drug-likeness (QED) is 0.166. The minimum atomic E-state index is -0.572. The van der Waals surface area contributed by atoms with Crippen LogP contribution in [-0.2, 0) is 21.7 Å². The maximum atomic E-state index is 7.74. The highest BCUT2D eigenvalue weighted by Crippen LogP contribution is 2.66. The van der Waals surface area contributed by atoms with E-state index in [0.29, 0.717) is 0 Å². The summed E-state index contributed by atoms with van der Waals surface area (Å²) in [6.07, 6.45) is 0. The van der Waals surface area contributed by atoms with Gasteiger partial charge in [0.15, 0.2) is 11.2 Å². The second-order valence-electron chi connectivity index (χ2n) is 22.6. The van der Waals surface area contributed by atoms with Gasteiger partial charge in [0.1, 0.15) is 0 Å². The van der Waals surface area contributed by atoms with E-state index in [2.05, 4.69) is 272 Å². The van der Waals surface area contributed by atoms with Gasteiger partial charge in [-0.1, -0.05) is 202 Å². The summed E-state index contributed by atoms with van der Waals surface area (Å²) in [7, 11) is 0. The highest BCUT2D eigenvalue weighted by Gasteiger charge is 2.53. The van der Waals surface area contributed by atoms with Crippen molar-refractivity contribution >= 4 is 56.1 Å². The first-order chi connectivity index (χ1) is 33.6. The highest BCUT2D eigenvalue weighted by atomic mass is 16.3. The molecule has 0 saturated heterocycles. The standard InChI is InChI=1S/C67H60N2O/c1-64(2,3)43-30-36-47(37-31-43)68(48-38-32-44(33-39-48)65(4,5)6)58-29-19-25-53-61-60-52-24-15-18-28-56(52)67(54-26-16-13-22-50(54)51-23-14-17-27-55(51)67)57(60)42-59(63(61)70-62(53)58)69(46-20-11-10-12-21-46)49-40-34-45(35-41-49)66(7,8)9/h10-42H,1-9H3. The summed E-state index contributed by atoms with van der Waals surface area (Å²) in [6, 6.07) is 74.8. The molecule has 12 rings (SSSR count). The van der Waals surface area contributed by atoms with Crippen LogP contribution in [0.5, 0.6) is 0 Å². The van der Waals surface area contributed by atoms with E-state index in [9.17, 15) is 0 Å². The van der Waals surface area contributed by atoms with Gasteiger partial charge < -0.3 is 14.2 Å². The van der Waals surface area contributed by atoms with Crippen molar-refractivity contribution in [3.63, 3.8) is 0 Å². The minimum Gasteiger partial charge on any atom is -0.452 e. The molecular formula is C67H60N2O. The Kier molecular flexibility index (Phi) is 9.79. The Morgan fingerprint density at radius 2 is 0.743 bits per heavy atom. The zero-order chi connectivity index (χ0) is 48.3. The van der Waals surface area contributed by atoms with Gasteiger partial charge in [0.05, 0.1) is 16.8 Å². The van der Waals surface area contributed by atoms with Crippen LogP contribution in [0.15, 0.2) is 205 Å². The number of fused-ring (bicyclic) bond motifs is 14. The van der Waals surface area contributed by atoms with Gasteiger partial charge in [0.25, 0.3) is 0 Å². The average Bonchev–Trinajstić information content (AvgIpc) is 3.99. The maximum Gasteiger partial charge on any atom is 0.160 e. The predicted molar refractivity (Wildman–Crippen MR) is 295 cm³/mol. The van der Waals surface area contributed by atoms with Crippen molar-refractivity contribution in [2.24, 2.45) is 0 Å². The van der Waals surface area contributed by atoms with Gasteiger partial charge in [0, 0.05) is 33.5 Å². The lowest BCUT2D eigenvalue weighted by molar-refractivity contribution is 0.590. The van der Waals surface area contributed by atoms with Gasteiger partial charge in [-0.05, 0) is 138 Å². The summed E-state index contributed by atoms with van der Waals surface area (Å²) >= 11 is 0. The van der Waals surface area contributed by atoms with E-state index in [1.54, 1.807) is 0 Å². The molecule has 1 spiro atoms. The SMILES string of the molecule is CC(C)(C)c1ccc(N(c2ccc(C(C)(C)C)cc2)c2cccc3c2oc2c(N(c4ccccc4)c4ccc(C(C)(C)C)cc4)cc4c(c23)-c2ccccc2C42c3ccccc3-c3ccccc32)cc1. The van der Waals surface area contributed by atoms with Gasteiger partial charge in [-0.15, -0.1) is 0 Å². The minimum absolute atomic E-state index is 0.000497. The van der Waals surface area contributed by atoms with E-state index in [-0.39, 0.29) is 16.2 Å². The molecule has 0 unspecified atom stereocenters. The van der Waals surface area contributed by atoms with Crippen LogP contribution >= 0.6 is 0 Å². The molecule has 3 heteroatoms.